The van der Waals surface area contributed by atoms with Gasteiger partial charge in [0.25, 0.3) is 0 Å². The Morgan fingerprint density at radius 1 is 1.50 bits per heavy atom. The Hall–Kier alpha value is -0.420. The van der Waals surface area contributed by atoms with Gasteiger partial charge in [-0.2, -0.15) is 0 Å². The van der Waals surface area contributed by atoms with Gasteiger partial charge in [0.2, 0.25) is 0 Å². The highest BCUT2D eigenvalue weighted by Gasteiger charge is 2.27. The van der Waals surface area contributed by atoms with Crippen LogP contribution >= 0.6 is 15.9 Å². The Labute approximate surface area is 131 Å². The van der Waals surface area contributed by atoms with Gasteiger partial charge in [-0.25, -0.2) is 0 Å². The van der Waals surface area contributed by atoms with Crippen molar-refractivity contribution in [2.75, 3.05) is 27.2 Å². The molecule has 2 rings (SSSR count). The highest BCUT2D eigenvalue weighted by molar-refractivity contribution is 9.10. The molecule has 1 saturated heterocycles. The number of halogens is 1. The second-order valence-corrected chi connectivity index (χ2v) is 6.99. The van der Waals surface area contributed by atoms with Gasteiger partial charge < -0.3 is 10.6 Å². The zero-order chi connectivity index (χ0) is 14.7. The van der Waals surface area contributed by atoms with Crippen LogP contribution in [0.3, 0.4) is 0 Å². The Morgan fingerprint density at radius 3 is 2.80 bits per heavy atom. The van der Waals surface area contributed by atoms with Gasteiger partial charge in [-0.3, -0.25) is 4.90 Å². The van der Waals surface area contributed by atoms with Crippen LogP contribution in [0.4, 0.5) is 0 Å². The second-order valence-electron chi connectivity index (χ2n) is 6.08. The fourth-order valence-corrected chi connectivity index (χ4v) is 3.72. The molecule has 0 aliphatic carbocycles. The van der Waals surface area contributed by atoms with Crippen LogP contribution in [-0.2, 0) is 0 Å². The van der Waals surface area contributed by atoms with Crippen LogP contribution in [0.1, 0.15) is 31.4 Å². The third kappa shape index (κ3) is 3.82. The lowest BCUT2D eigenvalue weighted by Gasteiger charge is -2.35. The van der Waals surface area contributed by atoms with E-state index in [-0.39, 0.29) is 12.1 Å². The fraction of sp³-hybridized carbons (Fsp3) is 0.625. The molecule has 1 aromatic rings. The lowest BCUT2D eigenvalue weighted by atomic mass is 9.99. The second kappa shape index (κ2) is 7.03. The van der Waals surface area contributed by atoms with Gasteiger partial charge in [0.15, 0.2) is 0 Å². The summed E-state index contributed by atoms with van der Waals surface area (Å²) in [5.41, 5.74) is 7.55. The molecule has 1 aliphatic heterocycles. The monoisotopic (exact) mass is 339 g/mol. The molecule has 3 atom stereocenters. The zero-order valence-corrected chi connectivity index (χ0v) is 14.3. The molecule has 2 N–H and O–H groups in total. The van der Waals surface area contributed by atoms with Crippen LogP contribution < -0.4 is 5.73 Å². The summed E-state index contributed by atoms with van der Waals surface area (Å²) in [6, 6.07) is 9.55. The predicted molar refractivity (Wildman–Crippen MR) is 88.8 cm³/mol. The topological polar surface area (TPSA) is 32.5 Å². The van der Waals surface area contributed by atoms with E-state index in [1.807, 2.05) is 0 Å². The Bertz CT molecular complexity index is 435. The molecule has 1 fully saturated rings. The van der Waals surface area contributed by atoms with E-state index in [1.54, 1.807) is 0 Å². The molecule has 0 spiro atoms. The molecule has 3 nitrogen and oxygen atoms in total. The lowest BCUT2D eigenvalue weighted by molar-refractivity contribution is 0.163. The standard InChI is InChI=1S/C16H26BrN3/c1-12(18)16(13-6-4-7-14(17)10-13)20(3)11-15-8-5-9-19(15)2/h4,6-7,10,12,15-16H,5,8-9,11,18H2,1-3H3. The Kier molecular flexibility index (Phi) is 5.61. The average Bonchev–Trinajstić information content (AvgIpc) is 2.74. The van der Waals surface area contributed by atoms with Crippen LogP contribution in [0.25, 0.3) is 0 Å². The van der Waals surface area contributed by atoms with Crippen molar-refractivity contribution >= 4 is 15.9 Å². The molecule has 0 amide bonds. The smallest absolute Gasteiger partial charge is 0.0494 e. The molecule has 0 bridgehead atoms. The van der Waals surface area contributed by atoms with Crippen LogP contribution in [0.15, 0.2) is 28.7 Å². The van der Waals surface area contributed by atoms with E-state index < -0.39 is 0 Å². The van der Waals surface area contributed by atoms with Crippen molar-refractivity contribution in [2.45, 2.75) is 37.9 Å². The van der Waals surface area contributed by atoms with Crippen molar-refractivity contribution in [3.63, 3.8) is 0 Å². The van der Waals surface area contributed by atoms with Crippen LogP contribution in [0, 0.1) is 0 Å². The van der Waals surface area contributed by atoms with Gasteiger partial charge in [-0.15, -0.1) is 0 Å². The predicted octanol–water partition coefficient (Wildman–Crippen LogP) is 2.86. The molecule has 20 heavy (non-hydrogen) atoms. The Balaban J connectivity index is 2.11. The van der Waals surface area contributed by atoms with Crippen LogP contribution in [-0.4, -0.2) is 49.1 Å². The van der Waals surface area contributed by atoms with E-state index in [4.69, 9.17) is 5.73 Å². The first kappa shape index (κ1) is 16.0. The van der Waals surface area contributed by atoms with Crippen LogP contribution in [0.2, 0.25) is 0 Å². The van der Waals surface area contributed by atoms with E-state index in [0.717, 1.165) is 11.0 Å². The molecule has 0 aromatic heterocycles. The molecular formula is C16H26BrN3. The average molecular weight is 340 g/mol. The van der Waals surface area contributed by atoms with Gasteiger partial charge in [0, 0.05) is 29.1 Å². The van der Waals surface area contributed by atoms with Crippen molar-refractivity contribution in [2.24, 2.45) is 5.73 Å². The van der Waals surface area contributed by atoms with Gasteiger partial charge in [-0.05, 0) is 58.1 Å². The molecule has 4 heteroatoms. The summed E-state index contributed by atoms with van der Waals surface area (Å²) in [6.07, 6.45) is 2.61. The van der Waals surface area contributed by atoms with Crippen molar-refractivity contribution < 1.29 is 0 Å². The number of likely N-dealkylation sites (tertiary alicyclic amines) is 1. The fourth-order valence-electron chi connectivity index (χ4n) is 3.31. The summed E-state index contributed by atoms with van der Waals surface area (Å²) >= 11 is 3.56. The SMILES string of the molecule is CC(N)C(c1cccc(Br)c1)N(C)CC1CCCN1C. The quantitative estimate of drug-likeness (QED) is 0.895. The third-order valence-electron chi connectivity index (χ3n) is 4.33. The van der Waals surface area contributed by atoms with Crippen molar-refractivity contribution in [3.05, 3.63) is 34.3 Å². The van der Waals surface area contributed by atoms with Gasteiger partial charge in [-0.1, -0.05) is 28.1 Å². The number of benzene rings is 1. The number of nitrogens with zero attached hydrogens (tertiary/aromatic N) is 2. The normalized spacial score (nSPS) is 23.2. The van der Waals surface area contributed by atoms with E-state index in [1.165, 1.54) is 24.9 Å². The number of rotatable bonds is 5. The highest BCUT2D eigenvalue weighted by atomic mass is 79.9. The minimum atomic E-state index is 0.112. The van der Waals surface area contributed by atoms with E-state index in [0.29, 0.717) is 6.04 Å². The number of nitrogens with two attached hydrogens (primary N) is 1. The number of likely N-dealkylation sites (N-methyl/N-ethyl adjacent to an activating group) is 2. The first-order valence-electron chi connectivity index (χ1n) is 7.40. The minimum Gasteiger partial charge on any atom is -0.326 e. The minimum absolute atomic E-state index is 0.112. The zero-order valence-electron chi connectivity index (χ0n) is 12.7. The molecule has 112 valence electrons. The maximum absolute atomic E-state index is 6.26. The van der Waals surface area contributed by atoms with Crippen molar-refractivity contribution in [1.29, 1.82) is 0 Å². The summed E-state index contributed by atoms with van der Waals surface area (Å²) in [5.74, 6) is 0. The van der Waals surface area contributed by atoms with E-state index >= 15 is 0 Å². The summed E-state index contributed by atoms with van der Waals surface area (Å²) < 4.78 is 1.12. The maximum Gasteiger partial charge on any atom is 0.0494 e. The molecular weight excluding hydrogens is 314 g/mol. The lowest BCUT2D eigenvalue weighted by Crippen LogP contribution is -2.43. The van der Waals surface area contributed by atoms with Crippen molar-refractivity contribution in [1.82, 2.24) is 9.80 Å². The highest BCUT2D eigenvalue weighted by Crippen LogP contribution is 2.26. The third-order valence-corrected chi connectivity index (χ3v) is 4.83. The van der Waals surface area contributed by atoms with E-state index in [2.05, 4.69) is 71.0 Å². The van der Waals surface area contributed by atoms with Gasteiger partial charge in [0.1, 0.15) is 0 Å². The first-order chi connectivity index (χ1) is 9.49. The summed E-state index contributed by atoms with van der Waals surface area (Å²) in [4.78, 5) is 4.88. The molecule has 0 radical (unpaired) electrons. The first-order valence-corrected chi connectivity index (χ1v) is 8.20. The molecule has 1 heterocycles. The van der Waals surface area contributed by atoms with Crippen LogP contribution in [0.5, 0.6) is 0 Å². The molecule has 1 aliphatic rings. The van der Waals surface area contributed by atoms with Gasteiger partial charge in [0.05, 0.1) is 0 Å². The number of hydrogen-bond donors (Lipinski definition) is 1. The molecule has 1 aromatic carbocycles. The number of hydrogen-bond acceptors (Lipinski definition) is 3. The molecule has 3 unspecified atom stereocenters. The summed E-state index contributed by atoms with van der Waals surface area (Å²) in [5, 5.41) is 0. The van der Waals surface area contributed by atoms with Crippen molar-refractivity contribution in [3.8, 4) is 0 Å². The van der Waals surface area contributed by atoms with Gasteiger partial charge >= 0.3 is 0 Å². The van der Waals surface area contributed by atoms with E-state index in [9.17, 15) is 0 Å². The maximum atomic E-state index is 6.26. The largest absolute Gasteiger partial charge is 0.326 e. The Morgan fingerprint density at radius 2 is 2.25 bits per heavy atom. The summed E-state index contributed by atoms with van der Waals surface area (Å²) in [6.45, 7) is 4.40. The molecule has 0 saturated carbocycles. The summed E-state index contributed by atoms with van der Waals surface area (Å²) in [7, 11) is 4.42.